The first-order valence-corrected chi connectivity index (χ1v) is 7.22. The summed E-state index contributed by atoms with van der Waals surface area (Å²) in [7, 11) is 0. The first kappa shape index (κ1) is 15.7. The highest BCUT2D eigenvalue weighted by Gasteiger charge is 2.34. The van der Waals surface area contributed by atoms with Crippen LogP contribution in [0.1, 0.15) is 5.56 Å². The molecule has 0 amide bonds. The molecule has 0 saturated heterocycles. The van der Waals surface area contributed by atoms with Gasteiger partial charge in [-0.15, -0.1) is 0 Å². The van der Waals surface area contributed by atoms with Crippen LogP contribution in [0.25, 0.3) is 0 Å². The van der Waals surface area contributed by atoms with Crippen LogP contribution in [0.5, 0.6) is 0 Å². The van der Waals surface area contributed by atoms with Gasteiger partial charge in [0, 0.05) is 11.1 Å². The number of hydrogen-bond donors (Lipinski definition) is 2. The molecule has 0 aliphatic rings. The van der Waals surface area contributed by atoms with E-state index < -0.39 is 11.7 Å². The van der Waals surface area contributed by atoms with Crippen LogP contribution in [0.4, 0.5) is 30.5 Å². The van der Waals surface area contributed by atoms with Gasteiger partial charge >= 0.3 is 6.18 Å². The Morgan fingerprint density at radius 1 is 1.24 bits per heavy atom. The summed E-state index contributed by atoms with van der Waals surface area (Å²) in [5.41, 5.74) is 4.56. The number of halogens is 4. The van der Waals surface area contributed by atoms with Crippen LogP contribution in [0.2, 0.25) is 5.02 Å². The first-order chi connectivity index (χ1) is 9.79. The zero-order chi connectivity index (χ0) is 15.6. The number of nitrogens with zero attached hydrogens (tertiary/aromatic N) is 2. The third-order valence-corrected chi connectivity index (χ3v) is 3.24. The van der Waals surface area contributed by atoms with Gasteiger partial charge in [0.25, 0.3) is 0 Å². The molecule has 9 heteroatoms. The predicted octanol–water partition coefficient (Wildman–Crippen LogP) is 4.20. The Kier molecular flexibility index (Phi) is 4.48. The first-order valence-electron chi connectivity index (χ1n) is 5.62. The third kappa shape index (κ3) is 3.92. The molecule has 0 fully saturated rings. The van der Waals surface area contributed by atoms with Crippen LogP contribution in [0.15, 0.2) is 29.4 Å². The molecule has 0 atom stereocenters. The number of hydrogen-bond acceptors (Lipinski definition) is 5. The smallest absolute Gasteiger partial charge is 0.383 e. The van der Waals surface area contributed by atoms with Crippen LogP contribution in [0, 0.1) is 0 Å². The maximum atomic E-state index is 13.0. The Bertz CT molecular complexity index is 663. The highest BCUT2D eigenvalue weighted by Crippen LogP contribution is 2.37. The molecule has 2 rings (SSSR count). The lowest BCUT2D eigenvalue weighted by molar-refractivity contribution is -0.136. The Morgan fingerprint density at radius 3 is 2.57 bits per heavy atom. The largest absolute Gasteiger partial charge is 0.418 e. The molecule has 1 heterocycles. The minimum Gasteiger partial charge on any atom is -0.383 e. The van der Waals surface area contributed by atoms with Gasteiger partial charge < -0.3 is 11.1 Å². The molecular formula is C12H10ClF3N4S. The summed E-state index contributed by atoms with van der Waals surface area (Å²) in [5, 5.41) is 2.96. The lowest BCUT2D eigenvalue weighted by Gasteiger charge is -2.15. The van der Waals surface area contributed by atoms with E-state index in [0.29, 0.717) is 5.16 Å². The fraction of sp³-hybridized carbons (Fsp3) is 0.167. The minimum absolute atomic E-state index is 0.000112. The number of nitrogens with two attached hydrogens (primary N) is 1. The number of nitrogens with one attached hydrogen (secondary N) is 1. The predicted molar refractivity (Wildman–Crippen MR) is 78.0 cm³/mol. The molecule has 0 bridgehead atoms. The monoisotopic (exact) mass is 334 g/mol. The molecule has 0 aliphatic heterocycles. The Balaban J connectivity index is 2.42. The second kappa shape index (κ2) is 5.98. The summed E-state index contributed by atoms with van der Waals surface area (Å²) in [5.74, 6) is 0.346. The van der Waals surface area contributed by atoms with Gasteiger partial charge in [-0.2, -0.15) is 13.2 Å². The van der Waals surface area contributed by atoms with Crippen LogP contribution < -0.4 is 11.1 Å². The number of alkyl halides is 3. The number of nitrogen functional groups attached to an aromatic ring is 1. The van der Waals surface area contributed by atoms with Crippen molar-refractivity contribution in [3.05, 3.63) is 34.9 Å². The maximum Gasteiger partial charge on any atom is 0.418 e. The average molecular weight is 335 g/mol. The van der Waals surface area contributed by atoms with Gasteiger partial charge in [-0.05, 0) is 24.5 Å². The van der Waals surface area contributed by atoms with E-state index in [1.54, 1.807) is 6.26 Å². The lowest BCUT2D eigenvalue weighted by atomic mass is 10.1. The fourth-order valence-corrected chi connectivity index (χ4v) is 2.15. The van der Waals surface area contributed by atoms with E-state index in [-0.39, 0.29) is 22.3 Å². The van der Waals surface area contributed by atoms with Crippen LogP contribution in [-0.4, -0.2) is 16.2 Å². The SMILES string of the molecule is CSc1nc(N)cc(Nc2ccc(Cl)cc2C(F)(F)F)n1. The molecule has 0 radical (unpaired) electrons. The van der Waals surface area contributed by atoms with Crippen molar-refractivity contribution in [3.63, 3.8) is 0 Å². The second-order valence-corrected chi connectivity index (χ2v) is 5.19. The van der Waals surface area contributed by atoms with Gasteiger partial charge in [-0.25, -0.2) is 9.97 Å². The summed E-state index contributed by atoms with van der Waals surface area (Å²) in [6, 6.07) is 4.81. The Labute approximate surface area is 127 Å². The summed E-state index contributed by atoms with van der Waals surface area (Å²) in [6.07, 6.45) is -2.80. The van der Waals surface area contributed by atoms with Crippen molar-refractivity contribution in [2.45, 2.75) is 11.3 Å². The summed E-state index contributed by atoms with van der Waals surface area (Å²) < 4.78 is 39.0. The van der Waals surface area contributed by atoms with Crippen molar-refractivity contribution in [3.8, 4) is 0 Å². The molecule has 0 spiro atoms. The van der Waals surface area contributed by atoms with E-state index in [4.69, 9.17) is 17.3 Å². The molecule has 3 N–H and O–H groups in total. The van der Waals surface area contributed by atoms with Crippen molar-refractivity contribution in [2.24, 2.45) is 0 Å². The molecule has 0 aliphatic carbocycles. The quantitative estimate of drug-likeness (QED) is 0.650. The number of rotatable bonds is 3. The molecule has 4 nitrogen and oxygen atoms in total. The van der Waals surface area contributed by atoms with E-state index in [1.807, 2.05) is 0 Å². The molecule has 0 unspecified atom stereocenters. The summed E-state index contributed by atoms with van der Waals surface area (Å²) in [4.78, 5) is 7.98. The van der Waals surface area contributed by atoms with Crippen molar-refractivity contribution >= 4 is 40.7 Å². The number of aromatic nitrogens is 2. The van der Waals surface area contributed by atoms with Gasteiger partial charge in [-0.3, -0.25) is 0 Å². The van der Waals surface area contributed by atoms with Crippen molar-refractivity contribution in [2.75, 3.05) is 17.3 Å². The fourth-order valence-electron chi connectivity index (χ4n) is 1.60. The van der Waals surface area contributed by atoms with Crippen LogP contribution in [0.3, 0.4) is 0 Å². The lowest BCUT2D eigenvalue weighted by Crippen LogP contribution is -2.09. The van der Waals surface area contributed by atoms with Gasteiger partial charge in [0.1, 0.15) is 11.6 Å². The van der Waals surface area contributed by atoms with E-state index in [0.717, 1.165) is 6.07 Å². The zero-order valence-electron chi connectivity index (χ0n) is 10.7. The summed E-state index contributed by atoms with van der Waals surface area (Å²) in [6.45, 7) is 0. The molecule has 21 heavy (non-hydrogen) atoms. The highest BCUT2D eigenvalue weighted by molar-refractivity contribution is 7.98. The number of benzene rings is 1. The molecule has 2 aromatic rings. The zero-order valence-corrected chi connectivity index (χ0v) is 12.3. The number of anilines is 3. The van der Waals surface area contributed by atoms with Gasteiger partial charge in [0.15, 0.2) is 5.16 Å². The van der Waals surface area contributed by atoms with Crippen LogP contribution in [-0.2, 0) is 6.18 Å². The van der Waals surface area contributed by atoms with E-state index >= 15 is 0 Å². The highest BCUT2D eigenvalue weighted by atomic mass is 35.5. The maximum absolute atomic E-state index is 13.0. The number of thioether (sulfide) groups is 1. The topological polar surface area (TPSA) is 63.8 Å². The average Bonchev–Trinajstić information content (AvgIpc) is 2.39. The van der Waals surface area contributed by atoms with Crippen molar-refractivity contribution in [1.29, 1.82) is 0 Å². The molecule has 0 saturated carbocycles. The second-order valence-electron chi connectivity index (χ2n) is 3.98. The molecule has 1 aromatic heterocycles. The Hall–Kier alpha value is -1.67. The van der Waals surface area contributed by atoms with Gasteiger partial charge in [0.05, 0.1) is 11.3 Å². The normalized spacial score (nSPS) is 11.5. The van der Waals surface area contributed by atoms with Crippen molar-refractivity contribution < 1.29 is 13.2 Å². The summed E-state index contributed by atoms with van der Waals surface area (Å²) >= 11 is 6.86. The third-order valence-electron chi connectivity index (χ3n) is 2.46. The van der Waals surface area contributed by atoms with Crippen molar-refractivity contribution in [1.82, 2.24) is 9.97 Å². The van der Waals surface area contributed by atoms with Gasteiger partial charge in [0.2, 0.25) is 0 Å². The van der Waals surface area contributed by atoms with E-state index in [1.165, 1.54) is 30.0 Å². The minimum atomic E-state index is -4.53. The van der Waals surface area contributed by atoms with E-state index in [2.05, 4.69) is 15.3 Å². The van der Waals surface area contributed by atoms with E-state index in [9.17, 15) is 13.2 Å². The Morgan fingerprint density at radius 2 is 1.95 bits per heavy atom. The molecule has 112 valence electrons. The molecular weight excluding hydrogens is 325 g/mol. The molecule has 1 aromatic carbocycles. The van der Waals surface area contributed by atoms with Gasteiger partial charge in [-0.1, -0.05) is 23.4 Å². The standard InChI is InChI=1S/C12H10ClF3N4S/c1-21-11-19-9(17)5-10(20-11)18-8-3-2-6(13)4-7(8)12(14,15)16/h2-5H,1H3,(H3,17,18,19,20). The van der Waals surface area contributed by atoms with Crippen LogP contribution >= 0.6 is 23.4 Å².